The van der Waals surface area contributed by atoms with Crippen molar-refractivity contribution in [1.29, 1.82) is 0 Å². The van der Waals surface area contributed by atoms with E-state index in [9.17, 15) is 0 Å². The zero-order chi connectivity index (χ0) is 10.4. The molecule has 1 N–H and O–H groups in total. The first-order valence-electron chi connectivity index (χ1n) is 4.86. The van der Waals surface area contributed by atoms with Gasteiger partial charge < -0.3 is 14.6 Å². The summed E-state index contributed by atoms with van der Waals surface area (Å²) in [7, 11) is 0. The van der Waals surface area contributed by atoms with Crippen molar-refractivity contribution in [3.8, 4) is 0 Å². The molecule has 1 rings (SSSR count). The largest absolute Gasteiger partial charge is 0.369 e. The Morgan fingerprint density at radius 1 is 1.50 bits per heavy atom. The SMILES string of the molecule is CCNCc1noc(COC(C)C)n1. The van der Waals surface area contributed by atoms with E-state index in [0.29, 0.717) is 24.9 Å². The Bertz CT molecular complexity index is 260. The predicted molar refractivity (Wildman–Crippen MR) is 51.6 cm³/mol. The first-order chi connectivity index (χ1) is 6.72. The van der Waals surface area contributed by atoms with Gasteiger partial charge in [0.25, 0.3) is 5.89 Å². The van der Waals surface area contributed by atoms with E-state index in [0.717, 1.165) is 6.54 Å². The van der Waals surface area contributed by atoms with Crippen LogP contribution in [0.2, 0.25) is 0 Å². The molecule has 0 aliphatic carbocycles. The van der Waals surface area contributed by atoms with Gasteiger partial charge in [0.05, 0.1) is 12.6 Å². The maximum atomic E-state index is 5.33. The lowest BCUT2D eigenvalue weighted by molar-refractivity contribution is 0.0485. The van der Waals surface area contributed by atoms with Crippen LogP contribution < -0.4 is 5.32 Å². The van der Waals surface area contributed by atoms with Crippen molar-refractivity contribution in [2.45, 2.75) is 40.0 Å². The minimum atomic E-state index is 0.180. The third-order valence-electron chi connectivity index (χ3n) is 1.58. The maximum Gasteiger partial charge on any atom is 0.252 e. The van der Waals surface area contributed by atoms with E-state index < -0.39 is 0 Å². The smallest absolute Gasteiger partial charge is 0.252 e. The summed E-state index contributed by atoms with van der Waals surface area (Å²) in [6.07, 6.45) is 0.180. The number of nitrogens with one attached hydrogen (secondary N) is 1. The fourth-order valence-corrected chi connectivity index (χ4v) is 0.895. The van der Waals surface area contributed by atoms with Crippen LogP contribution in [0.1, 0.15) is 32.5 Å². The molecule has 0 bridgehead atoms. The molecule has 0 unspecified atom stereocenters. The Kier molecular flexibility index (Phi) is 4.55. The molecular weight excluding hydrogens is 182 g/mol. The molecule has 1 aromatic rings. The molecule has 0 saturated heterocycles. The Morgan fingerprint density at radius 3 is 2.93 bits per heavy atom. The summed E-state index contributed by atoms with van der Waals surface area (Å²) in [4.78, 5) is 4.15. The lowest BCUT2D eigenvalue weighted by Crippen LogP contribution is -2.12. The van der Waals surface area contributed by atoms with Gasteiger partial charge in [-0.3, -0.25) is 0 Å². The molecule has 1 heterocycles. The Hall–Kier alpha value is -0.940. The highest BCUT2D eigenvalue weighted by Gasteiger charge is 2.06. The van der Waals surface area contributed by atoms with E-state index in [1.165, 1.54) is 0 Å². The quantitative estimate of drug-likeness (QED) is 0.743. The Labute approximate surface area is 83.8 Å². The summed E-state index contributed by atoms with van der Waals surface area (Å²) in [5, 5.41) is 6.92. The highest BCUT2D eigenvalue weighted by Crippen LogP contribution is 2.01. The molecule has 1 aromatic heterocycles. The number of hydrogen-bond acceptors (Lipinski definition) is 5. The van der Waals surface area contributed by atoms with Gasteiger partial charge in [0, 0.05) is 0 Å². The summed E-state index contributed by atoms with van der Waals surface area (Å²) >= 11 is 0. The normalized spacial score (nSPS) is 11.1. The van der Waals surface area contributed by atoms with Crippen molar-refractivity contribution in [3.63, 3.8) is 0 Å². The summed E-state index contributed by atoms with van der Waals surface area (Å²) in [6, 6.07) is 0. The zero-order valence-corrected chi connectivity index (χ0v) is 8.91. The molecule has 0 atom stereocenters. The highest BCUT2D eigenvalue weighted by atomic mass is 16.5. The van der Waals surface area contributed by atoms with Crippen LogP contribution in [0.3, 0.4) is 0 Å². The van der Waals surface area contributed by atoms with Crippen LogP contribution in [0.5, 0.6) is 0 Å². The van der Waals surface area contributed by atoms with Gasteiger partial charge in [-0.25, -0.2) is 0 Å². The lowest BCUT2D eigenvalue weighted by atomic mass is 10.5. The van der Waals surface area contributed by atoms with Crippen LogP contribution in [0.25, 0.3) is 0 Å². The first kappa shape index (κ1) is 11.1. The number of aromatic nitrogens is 2. The molecule has 0 fully saturated rings. The zero-order valence-electron chi connectivity index (χ0n) is 8.91. The number of hydrogen-bond donors (Lipinski definition) is 1. The van der Waals surface area contributed by atoms with Gasteiger partial charge >= 0.3 is 0 Å². The Balaban J connectivity index is 2.35. The van der Waals surface area contributed by atoms with Gasteiger partial charge in [-0.05, 0) is 20.4 Å². The molecule has 0 saturated carbocycles. The van der Waals surface area contributed by atoms with Crippen molar-refractivity contribution >= 4 is 0 Å². The predicted octanol–water partition coefficient (Wildman–Crippen LogP) is 1.10. The average Bonchev–Trinajstić information content (AvgIpc) is 2.59. The molecule has 0 aliphatic rings. The minimum absolute atomic E-state index is 0.180. The van der Waals surface area contributed by atoms with E-state index in [-0.39, 0.29) is 6.10 Å². The molecular formula is C9H17N3O2. The van der Waals surface area contributed by atoms with Crippen molar-refractivity contribution in [2.75, 3.05) is 6.54 Å². The first-order valence-corrected chi connectivity index (χ1v) is 4.86. The van der Waals surface area contributed by atoms with E-state index in [2.05, 4.69) is 15.5 Å². The van der Waals surface area contributed by atoms with Gasteiger partial charge in [-0.2, -0.15) is 4.98 Å². The van der Waals surface area contributed by atoms with Gasteiger partial charge in [-0.15, -0.1) is 0 Å². The van der Waals surface area contributed by atoms with Crippen molar-refractivity contribution in [2.24, 2.45) is 0 Å². The average molecular weight is 199 g/mol. The lowest BCUT2D eigenvalue weighted by Gasteiger charge is -2.02. The van der Waals surface area contributed by atoms with Crippen LogP contribution in [0, 0.1) is 0 Å². The molecule has 80 valence electrons. The summed E-state index contributed by atoms with van der Waals surface area (Å²) in [6.45, 7) is 7.89. The second kappa shape index (κ2) is 5.72. The van der Waals surface area contributed by atoms with Crippen molar-refractivity contribution in [3.05, 3.63) is 11.7 Å². The van der Waals surface area contributed by atoms with E-state index >= 15 is 0 Å². The fraction of sp³-hybridized carbons (Fsp3) is 0.778. The van der Waals surface area contributed by atoms with Gasteiger partial charge in [0.15, 0.2) is 5.82 Å². The number of ether oxygens (including phenoxy) is 1. The van der Waals surface area contributed by atoms with Crippen molar-refractivity contribution < 1.29 is 9.26 Å². The van der Waals surface area contributed by atoms with Crippen LogP contribution in [0.4, 0.5) is 0 Å². The summed E-state index contributed by atoms with van der Waals surface area (Å²) < 4.78 is 10.3. The van der Waals surface area contributed by atoms with Gasteiger partial charge in [0.2, 0.25) is 0 Å². The van der Waals surface area contributed by atoms with E-state index in [1.54, 1.807) is 0 Å². The van der Waals surface area contributed by atoms with Crippen LogP contribution in [-0.2, 0) is 17.9 Å². The standard InChI is InChI=1S/C9H17N3O2/c1-4-10-5-8-11-9(14-12-8)6-13-7(2)3/h7,10H,4-6H2,1-3H3. The second-order valence-corrected chi connectivity index (χ2v) is 3.24. The molecule has 5 nitrogen and oxygen atoms in total. The highest BCUT2D eigenvalue weighted by molar-refractivity contribution is 4.84. The molecule has 14 heavy (non-hydrogen) atoms. The second-order valence-electron chi connectivity index (χ2n) is 3.24. The van der Waals surface area contributed by atoms with Crippen LogP contribution >= 0.6 is 0 Å². The fourth-order valence-electron chi connectivity index (χ4n) is 0.895. The summed E-state index contributed by atoms with van der Waals surface area (Å²) in [5.74, 6) is 1.21. The third kappa shape index (κ3) is 3.85. The van der Waals surface area contributed by atoms with Gasteiger partial charge in [0.1, 0.15) is 6.61 Å². The maximum absolute atomic E-state index is 5.33. The summed E-state index contributed by atoms with van der Waals surface area (Å²) in [5.41, 5.74) is 0. The van der Waals surface area contributed by atoms with E-state index in [1.807, 2.05) is 20.8 Å². The van der Waals surface area contributed by atoms with Crippen LogP contribution in [-0.4, -0.2) is 22.8 Å². The minimum Gasteiger partial charge on any atom is -0.369 e. The topological polar surface area (TPSA) is 60.2 Å². The monoisotopic (exact) mass is 199 g/mol. The molecule has 0 aliphatic heterocycles. The molecule has 0 radical (unpaired) electrons. The molecule has 0 amide bonds. The Morgan fingerprint density at radius 2 is 2.29 bits per heavy atom. The molecule has 5 heteroatoms. The third-order valence-corrected chi connectivity index (χ3v) is 1.58. The number of rotatable bonds is 6. The van der Waals surface area contributed by atoms with Crippen molar-refractivity contribution in [1.82, 2.24) is 15.5 Å². The number of nitrogens with zero attached hydrogens (tertiary/aromatic N) is 2. The molecule has 0 aromatic carbocycles. The van der Waals surface area contributed by atoms with Crippen LogP contribution in [0.15, 0.2) is 4.52 Å². The van der Waals surface area contributed by atoms with Gasteiger partial charge in [-0.1, -0.05) is 12.1 Å². The van der Waals surface area contributed by atoms with E-state index in [4.69, 9.17) is 9.26 Å². The molecule has 0 spiro atoms.